The first-order chi connectivity index (χ1) is 14.4. The Balaban J connectivity index is 0. The first-order valence-electron chi connectivity index (χ1n) is 10.7. The topological polar surface area (TPSA) is 99.9 Å². The van der Waals surface area contributed by atoms with Crippen LogP contribution >= 0.6 is 0 Å². The third-order valence-corrected chi connectivity index (χ3v) is 3.07. The Morgan fingerprint density at radius 1 is 0.379 bits per heavy atom. The van der Waals surface area contributed by atoms with Crippen LogP contribution in [0.1, 0.15) is 20.8 Å². The third kappa shape index (κ3) is 32.5. The van der Waals surface area contributed by atoms with E-state index in [2.05, 4.69) is 0 Å². The van der Waals surface area contributed by atoms with Crippen LogP contribution in [0.25, 0.3) is 0 Å². The predicted octanol–water partition coefficient (Wildman–Crippen LogP) is 1.12. The number of ether oxygens (including phenoxy) is 8. The molecule has 9 heteroatoms. The zero-order valence-corrected chi connectivity index (χ0v) is 18.9. The molecular weight excluding hydrogens is 382 g/mol. The minimum Gasteiger partial charge on any atom is -0.379 e. The molecule has 9 nitrogen and oxygen atoms in total. The molecule has 0 aliphatic rings. The summed E-state index contributed by atoms with van der Waals surface area (Å²) in [5.74, 6) is 0. The summed E-state index contributed by atoms with van der Waals surface area (Å²) in [5.41, 5.74) is 5.30. The van der Waals surface area contributed by atoms with Crippen LogP contribution in [-0.2, 0) is 37.9 Å². The molecule has 0 aromatic carbocycles. The van der Waals surface area contributed by atoms with E-state index in [4.69, 9.17) is 43.6 Å². The highest BCUT2D eigenvalue weighted by Crippen LogP contribution is 1.85. The maximum Gasteiger partial charge on any atom is 0.0701 e. The minimum absolute atomic E-state index is 0.535. The van der Waals surface area contributed by atoms with E-state index in [0.29, 0.717) is 106 Å². The maximum atomic E-state index is 5.40. The lowest BCUT2D eigenvalue weighted by molar-refractivity contribution is -0.0226. The van der Waals surface area contributed by atoms with Crippen molar-refractivity contribution in [3.63, 3.8) is 0 Å². The van der Waals surface area contributed by atoms with Gasteiger partial charge >= 0.3 is 0 Å². The molecule has 0 radical (unpaired) electrons. The van der Waals surface area contributed by atoms with E-state index >= 15 is 0 Å². The first kappa shape index (κ1) is 30.8. The van der Waals surface area contributed by atoms with E-state index in [1.807, 2.05) is 20.8 Å². The molecule has 0 aromatic rings. The van der Waals surface area contributed by atoms with Crippen molar-refractivity contribution in [1.82, 2.24) is 0 Å². The normalized spacial score (nSPS) is 10.8. The van der Waals surface area contributed by atoms with Crippen molar-refractivity contribution in [2.75, 3.05) is 112 Å². The number of nitrogens with two attached hydrogens (primary N) is 1. The van der Waals surface area contributed by atoms with Crippen molar-refractivity contribution in [3.05, 3.63) is 0 Å². The van der Waals surface area contributed by atoms with Crippen molar-refractivity contribution in [1.29, 1.82) is 0 Å². The lowest BCUT2D eigenvalue weighted by atomic mass is 10.6. The fourth-order valence-corrected chi connectivity index (χ4v) is 1.77. The molecule has 29 heavy (non-hydrogen) atoms. The maximum absolute atomic E-state index is 5.40. The summed E-state index contributed by atoms with van der Waals surface area (Å²) in [6.07, 6.45) is 0. The Bertz CT molecular complexity index is 239. The average molecular weight is 428 g/mol. The molecule has 0 rings (SSSR count). The van der Waals surface area contributed by atoms with Gasteiger partial charge in [-0.15, -0.1) is 0 Å². The van der Waals surface area contributed by atoms with Gasteiger partial charge in [0.1, 0.15) is 0 Å². The summed E-state index contributed by atoms with van der Waals surface area (Å²) in [7, 11) is 0. The van der Waals surface area contributed by atoms with Gasteiger partial charge in [0.15, 0.2) is 0 Å². The Labute approximate surface area is 177 Å². The monoisotopic (exact) mass is 427 g/mol. The number of rotatable bonds is 24. The molecule has 0 bridgehead atoms. The molecule has 0 aliphatic heterocycles. The molecule has 178 valence electrons. The van der Waals surface area contributed by atoms with Gasteiger partial charge in [0.25, 0.3) is 0 Å². The molecule has 0 aromatic heterocycles. The predicted molar refractivity (Wildman–Crippen MR) is 113 cm³/mol. The Morgan fingerprint density at radius 3 is 0.793 bits per heavy atom. The van der Waals surface area contributed by atoms with Gasteiger partial charge in [0.2, 0.25) is 0 Å². The van der Waals surface area contributed by atoms with Crippen LogP contribution in [0.15, 0.2) is 0 Å². The van der Waals surface area contributed by atoms with Crippen LogP contribution in [0, 0.1) is 0 Å². The van der Waals surface area contributed by atoms with Crippen molar-refractivity contribution in [3.8, 4) is 0 Å². The smallest absolute Gasteiger partial charge is 0.0701 e. The standard InChI is InChI=1S/C18H39NO8.C2H6/c1-2-20-5-6-22-9-10-24-13-14-26-17-18-27-16-15-25-12-11-23-8-7-21-4-3-19;1-2/h2-19H2,1H3;1-2H3. The van der Waals surface area contributed by atoms with E-state index in [1.54, 1.807) is 0 Å². The summed E-state index contributed by atoms with van der Waals surface area (Å²) < 4.78 is 42.6. The highest BCUT2D eigenvalue weighted by molar-refractivity contribution is 4.37. The van der Waals surface area contributed by atoms with Gasteiger partial charge < -0.3 is 43.6 Å². The quantitative estimate of drug-likeness (QED) is 0.227. The first-order valence-corrected chi connectivity index (χ1v) is 10.7. The van der Waals surface area contributed by atoms with Crippen molar-refractivity contribution in [2.24, 2.45) is 5.73 Å². The van der Waals surface area contributed by atoms with E-state index in [0.717, 1.165) is 6.61 Å². The largest absolute Gasteiger partial charge is 0.379 e. The summed E-state index contributed by atoms with van der Waals surface area (Å²) in [5, 5.41) is 0. The molecule has 0 saturated carbocycles. The zero-order chi connectivity index (χ0) is 21.7. The molecule has 0 saturated heterocycles. The SMILES string of the molecule is CC.CCOCCOCCOCCOCCOCCOCCOCCOCCN. The summed E-state index contributed by atoms with van der Waals surface area (Å²) in [6, 6.07) is 0. The second kappa shape index (κ2) is 32.3. The average Bonchev–Trinajstić information content (AvgIpc) is 2.75. The molecule has 0 unspecified atom stereocenters. The Hall–Kier alpha value is -0.360. The number of hydrogen-bond donors (Lipinski definition) is 1. The van der Waals surface area contributed by atoms with Crippen LogP contribution in [0.3, 0.4) is 0 Å². The molecular formula is C20H45NO8. The van der Waals surface area contributed by atoms with Crippen LogP contribution in [0.5, 0.6) is 0 Å². The van der Waals surface area contributed by atoms with Crippen molar-refractivity contribution < 1.29 is 37.9 Å². The number of hydrogen-bond acceptors (Lipinski definition) is 9. The molecule has 0 heterocycles. The van der Waals surface area contributed by atoms with E-state index in [9.17, 15) is 0 Å². The fraction of sp³-hybridized carbons (Fsp3) is 1.00. The zero-order valence-electron chi connectivity index (χ0n) is 18.9. The van der Waals surface area contributed by atoms with Crippen LogP contribution in [-0.4, -0.2) is 112 Å². The molecule has 2 N–H and O–H groups in total. The lowest BCUT2D eigenvalue weighted by Crippen LogP contribution is -2.15. The van der Waals surface area contributed by atoms with Gasteiger partial charge in [0, 0.05) is 13.2 Å². The Morgan fingerprint density at radius 2 is 0.586 bits per heavy atom. The molecule has 0 aliphatic carbocycles. The Kier molecular flexibility index (Phi) is 34.3. The fourth-order valence-electron chi connectivity index (χ4n) is 1.77. The van der Waals surface area contributed by atoms with E-state index < -0.39 is 0 Å². The van der Waals surface area contributed by atoms with Crippen LogP contribution in [0.4, 0.5) is 0 Å². The second-order valence-electron chi connectivity index (χ2n) is 5.27. The third-order valence-electron chi connectivity index (χ3n) is 3.07. The van der Waals surface area contributed by atoms with Gasteiger partial charge in [-0.3, -0.25) is 0 Å². The van der Waals surface area contributed by atoms with Gasteiger partial charge in [-0.2, -0.15) is 0 Å². The summed E-state index contributed by atoms with van der Waals surface area (Å²) in [6.45, 7) is 15.6. The molecule has 0 fully saturated rings. The van der Waals surface area contributed by atoms with Gasteiger partial charge in [0.05, 0.1) is 99.1 Å². The molecule has 0 amide bonds. The summed E-state index contributed by atoms with van der Waals surface area (Å²) >= 11 is 0. The van der Waals surface area contributed by atoms with E-state index in [1.165, 1.54) is 0 Å². The lowest BCUT2D eigenvalue weighted by Gasteiger charge is -2.08. The van der Waals surface area contributed by atoms with Crippen LogP contribution < -0.4 is 5.73 Å². The van der Waals surface area contributed by atoms with Crippen molar-refractivity contribution in [2.45, 2.75) is 20.8 Å². The molecule has 0 spiro atoms. The summed E-state index contributed by atoms with van der Waals surface area (Å²) in [4.78, 5) is 0. The van der Waals surface area contributed by atoms with Crippen LogP contribution in [0.2, 0.25) is 0 Å². The van der Waals surface area contributed by atoms with E-state index in [-0.39, 0.29) is 0 Å². The highest BCUT2D eigenvalue weighted by atomic mass is 16.6. The highest BCUT2D eigenvalue weighted by Gasteiger charge is 1.94. The van der Waals surface area contributed by atoms with Gasteiger partial charge in [-0.25, -0.2) is 0 Å². The minimum atomic E-state index is 0.535. The van der Waals surface area contributed by atoms with Gasteiger partial charge in [-0.05, 0) is 6.92 Å². The second-order valence-corrected chi connectivity index (χ2v) is 5.27. The molecule has 0 atom stereocenters. The van der Waals surface area contributed by atoms with Crippen molar-refractivity contribution >= 4 is 0 Å². The van der Waals surface area contributed by atoms with Gasteiger partial charge in [-0.1, -0.05) is 13.8 Å².